The first-order valence-corrected chi connectivity index (χ1v) is 7.72. The molecule has 0 amide bonds. The fraction of sp³-hybridized carbons (Fsp3) is 1.00. The van der Waals surface area contributed by atoms with Crippen LogP contribution in [0.4, 0.5) is 0 Å². The molecule has 2 N–H and O–H groups in total. The summed E-state index contributed by atoms with van der Waals surface area (Å²) in [7, 11) is 0. The van der Waals surface area contributed by atoms with Crippen LogP contribution in [0.1, 0.15) is 84.5 Å². The van der Waals surface area contributed by atoms with E-state index in [-0.39, 0.29) is 0 Å². The summed E-state index contributed by atoms with van der Waals surface area (Å²) in [5, 5.41) is 19.2. The maximum absolute atomic E-state index is 9.60. The molecule has 0 rings (SSSR count). The third-order valence-electron chi connectivity index (χ3n) is 3.17. The molecule has 0 aromatic rings. The summed E-state index contributed by atoms with van der Waals surface area (Å²) in [6, 6.07) is 0. The Bertz CT molecular complexity index is 162. The molecule has 0 aliphatic rings. The van der Waals surface area contributed by atoms with Gasteiger partial charge in [-0.3, -0.25) is 0 Å². The second kappa shape index (κ2) is 13.3. The van der Waals surface area contributed by atoms with Crippen molar-refractivity contribution in [3.05, 3.63) is 0 Å². The fourth-order valence-corrected chi connectivity index (χ4v) is 1.99. The molecular weight excluding hydrogens is 228 g/mol. The smallest absolute Gasteiger partial charge is 0.157 e. The zero-order valence-corrected chi connectivity index (χ0v) is 12.2. The molecule has 3 heteroatoms. The lowest BCUT2D eigenvalue weighted by molar-refractivity contribution is -0.212. The quantitative estimate of drug-likeness (QED) is 0.389. The normalized spacial score (nSPS) is 14.7. The van der Waals surface area contributed by atoms with Crippen LogP contribution in [0, 0.1) is 0 Å². The molecule has 0 aliphatic heterocycles. The first kappa shape index (κ1) is 17.9. The maximum Gasteiger partial charge on any atom is 0.157 e. The maximum atomic E-state index is 9.60. The zero-order chi connectivity index (χ0) is 13.6. The Morgan fingerprint density at radius 1 is 0.667 bits per heavy atom. The van der Waals surface area contributed by atoms with Crippen molar-refractivity contribution in [1.29, 1.82) is 0 Å². The standard InChI is InChI=1S/C15H32O3/c1-3-5-7-9-11-13-15(17)18-14(16)12-10-8-6-4-2/h14-17H,3-13H2,1-2H3. The molecule has 0 radical (unpaired) electrons. The van der Waals surface area contributed by atoms with Crippen LogP contribution in [0.15, 0.2) is 0 Å². The Morgan fingerprint density at radius 3 is 1.50 bits per heavy atom. The summed E-state index contributed by atoms with van der Waals surface area (Å²) in [4.78, 5) is 0. The molecule has 3 nitrogen and oxygen atoms in total. The van der Waals surface area contributed by atoms with Crippen LogP contribution in [-0.2, 0) is 4.74 Å². The second-order valence-electron chi connectivity index (χ2n) is 5.10. The lowest BCUT2D eigenvalue weighted by atomic mass is 10.1. The van der Waals surface area contributed by atoms with Crippen molar-refractivity contribution < 1.29 is 14.9 Å². The highest BCUT2D eigenvalue weighted by Gasteiger charge is 2.10. The van der Waals surface area contributed by atoms with Crippen LogP contribution in [0.25, 0.3) is 0 Å². The summed E-state index contributed by atoms with van der Waals surface area (Å²) in [5.41, 5.74) is 0. The van der Waals surface area contributed by atoms with E-state index in [1.807, 2.05) is 0 Å². The van der Waals surface area contributed by atoms with Gasteiger partial charge in [0.1, 0.15) is 0 Å². The SMILES string of the molecule is CCCCCCCC(O)OC(O)CCCCCC. The number of rotatable bonds is 13. The van der Waals surface area contributed by atoms with E-state index in [2.05, 4.69) is 13.8 Å². The number of hydrogen-bond donors (Lipinski definition) is 2. The molecule has 0 saturated heterocycles. The third kappa shape index (κ3) is 12.3. The van der Waals surface area contributed by atoms with E-state index in [0.29, 0.717) is 12.8 Å². The van der Waals surface area contributed by atoms with E-state index in [4.69, 9.17) is 4.74 Å². The first-order valence-electron chi connectivity index (χ1n) is 7.72. The Labute approximate surface area is 113 Å². The van der Waals surface area contributed by atoms with E-state index in [1.54, 1.807) is 0 Å². The monoisotopic (exact) mass is 260 g/mol. The highest BCUT2D eigenvalue weighted by molar-refractivity contribution is 4.50. The van der Waals surface area contributed by atoms with Gasteiger partial charge in [-0.25, -0.2) is 0 Å². The number of ether oxygens (including phenoxy) is 1. The minimum absolute atomic E-state index is 0.632. The average Bonchev–Trinajstić information content (AvgIpc) is 2.34. The van der Waals surface area contributed by atoms with Crippen LogP contribution in [0.3, 0.4) is 0 Å². The molecule has 0 aromatic carbocycles. The number of aliphatic hydroxyl groups is 2. The van der Waals surface area contributed by atoms with Gasteiger partial charge in [0, 0.05) is 0 Å². The van der Waals surface area contributed by atoms with Crippen molar-refractivity contribution in [3.63, 3.8) is 0 Å². The van der Waals surface area contributed by atoms with E-state index >= 15 is 0 Å². The predicted octanol–water partition coefficient (Wildman–Crippen LogP) is 3.97. The van der Waals surface area contributed by atoms with Crippen LogP contribution in [0.5, 0.6) is 0 Å². The molecule has 0 spiro atoms. The van der Waals surface area contributed by atoms with E-state index in [1.165, 1.54) is 32.1 Å². The Kier molecular flexibility index (Phi) is 13.2. The highest BCUT2D eigenvalue weighted by Crippen LogP contribution is 2.12. The van der Waals surface area contributed by atoms with Gasteiger partial charge in [0.05, 0.1) is 0 Å². The van der Waals surface area contributed by atoms with Gasteiger partial charge in [0.2, 0.25) is 0 Å². The van der Waals surface area contributed by atoms with Gasteiger partial charge in [-0.05, 0) is 25.7 Å². The molecule has 110 valence electrons. The van der Waals surface area contributed by atoms with E-state index < -0.39 is 12.6 Å². The number of unbranched alkanes of at least 4 members (excludes halogenated alkanes) is 7. The van der Waals surface area contributed by atoms with Gasteiger partial charge in [-0.2, -0.15) is 0 Å². The third-order valence-corrected chi connectivity index (χ3v) is 3.17. The van der Waals surface area contributed by atoms with Crippen LogP contribution in [-0.4, -0.2) is 22.8 Å². The van der Waals surface area contributed by atoms with Crippen LogP contribution >= 0.6 is 0 Å². The molecule has 0 saturated carbocycles. The minimum atomic E-state index is -0.799. The van der Waals surface area contributed by atoms with Gasteiger partial charge in [-0.1, -0.05) is 58.8 Å². The molecule has 2 unspecified atom stereocenters. The predicted molar refractivity (Wildman–Crippen MR) is 75.2 cm³/mol. The fourth-order valence-electron chi connectivity index (χ4n) is 1.99. The van der Waals surface area contributed by atoms with E-state index in [9.17, 15) is 10.2 Å². The molecular formula is C15H32O3. The van der Waals surface area contributed by atoms with Gasteiger partial charge < -0.3 is 14.9 Å². The van der Waals surface area contributed by atoms with Gasteiger partial charge in [0.15, 0.2) is 12.6 Å². The minimum Gasteiger partial charge on any atom is -0.368 e. The van der Waals surface area contributed by atoms with Gasteiger partial charge in [-0.15, -0.1) is 0 Å². The van der Waals surface area contributed by atoms with Crippen molar-refractivity contribution in [2.24, 2.45) is 0 Å². The van der Waals surface area contributed by atoms with E-state index in [0.717, 1.165) is 25.7 Å². The molecule has 0 fully saturated rings. The van der Waals surface area contributed by atoms with Crippen molar-refractivity contribution in [2.75, 3.05) is 0 Å². The Balaban J connectivity index is 3.34. The number of aliphatic hydroxyl groups excluding tert-OH is 2. The summed E-state index contributed by atoms with van der Waals surface area (Å²) < 4.78 is 5.15. The molecule has 0 bridgehead atoms. The van der Waals surface area contributed by atoms with Gasteiger partial charge in [0.25, 0.3) is 0 Å². The largest absolute Gasteiger partial charge is 0.368 e. The number of hydrogen-bond acceptors (Lipinski definition) is 3. The summed E-state index contributed by atoms with van der Waals surface area (Å²) >= 11 is 0. The lowest BCUT2D eigenvalue weighted by Crippen LogP contribution is -2.21. The Hall–Kier alpha value is -0.120. The van der Waals surface area contributed by atoms with Crippen molar-refractivity contribution in [3.8, 4) is 0 Å². The van der Waals surface area contributed by atoms with Crippen LogP contribution in [0.2, 0.25) is 0 Å². The van der Waals surface area contributed by atoms with Crippen molar-refractivity contribution >= 4 is 0 Å². The Morgan fingerprint density at radius 2 is 1.06 bits per heavy atom. The van der Waals surface area contributed by atoms with Crippen molar-refractivity contribution in [1.82, 2.24) is 0 Å². The molecule has 0 aromatic heterocycles. The zero-order valence-electron chi connectivity index (χ0n) is 12.2. The second-order valence-corrected chi connectivity index (χ2v) is 5.10. The highest BCUT2D eigenvalue weighted by atomic mass is 16.7. The molecule has 0 heterocycles. The average molecular weight is 260 g/mol. The molecule has 2 atom stereocenters. The van der Waals surface area contributed by atoms with Crippen LogP contribution < -0.4 is 0 Å². The lowest BCUT2D eigenvalue weighted by Gasteiger charge is -2.17. The topological polar surface area (TPSA) is 49.7 Å². The summed E-state index contributed by atoms with van der Waals surface area (Å²) in [5.74, 6) is 0. The summed E-state index contributed by atoms with van der Waals surface area (Å²) in [6.45, 7) is 4.35. The summed E-state index contributed by atoms with van der Waals surface area (Å²) in [6.07, 6.45) is 10.00. The first-order chi connectivity index (χ1) is 8.70. The molecule has 18 heavy (non-hydrogen) atoms. The van der Waals surface area contributed by atoms with Crippen molar-refractivity contribution in [2.45, 2.75) is 97.1 Å². The van der Waals surface area contributed by atoms with Gasteiger partial charge >= 0.3 is 0 Å². The molecule has 0 aliphatic carbocycles.